The molecule has 0 aliphatic carbocycles. The number of piperazine rings is 1. The molecule has 0 unspecified atom stereocenters. The Morgan fingerprint density at radius 3 is 2.59 bits per heavy atom. The summed E-state index contributed by atoms with van der Waals surface area (Å²) in [7, 11) is 2.22. The first kappa shape index (κ1) is 11.9. The van der Waals surface area contributed by atoms with Gasteiger partial charge in [-0.15, -0.1) is 0 Å². The molecule has 2 rings (SSSR count). The van der Waals surface area contributed by atoms with Gasteiger partial charge >= 0.3 is 0 Å². The summed E-state index contributed by atoms with van der Waals surface area (Å²) in [5.74, 6) is 0.998. The Morgan fingerprint density at radius 1 is 1.35 bits per heavy atom. The summed E-state index contributed by atoms with van der Waals surface area (Å²) in [6.45, 7) is 8.33. The molecule has 17 heavy (non-hydrogen) atoms. The molecule has 0 spiro atoms. The molecule has 1 fully saturated rings. The van der Waals surface area contributed by atoms with Crippen molar-refractivity contribution in [2.45, 2.75) is 13.8 Å². The Balaban J connectivity index is 2.35. The van der Waals surface area contributed by atoms with Crippen LogP contribution in [-0.2, 0) is 0 Å². The minimum absolute atomic E-state index is 0.787. The highest BCUT2D eigenvalue weighted by Crippen LogP contribution is 2.18. The minimum Gasteiger partial charge on any atom is -0.331 e. The number of H-pyrrole nitrogens is 1. The van der Waals surface area contributed by atoms with Gasteiger partial charge in [-0.25, -0.2) is 9.88 Å². The third-order valence-corrected chi connectivity index (χ3v) is 3.42. The molecule has 0 aromatic carbocycles. The number of aromatic nitrogens is 1. The summed E-state index contributed by atoms with van der Waals surface area (Å²) in [5, 5.41) is 9.27. The fourth-order valence-corrected chi connectivity index (χ4v) is 2.36. The highest BCUT2D eigenvalue weighted by Gasteiger charge is 2.27. The van der Waals surface area contributed by atoms with Crippen molar-refractivity contribution in [3.05, 3.63) is 22.9 Å². The van der Waals surface area contributed by atoms with Crippen LogP contribution in [-0.4, -0.2) is 33.2 Å². The van der Waals surface area contributed by atoms with Gasteiger partial charge < -0.3 is 4.90 Å². The zero-order valence-electron chi connectivity index (χ0n) is 10.8. The predicted octanol–water partition coefficient (Wildman–Crippen LogP) is -0.676. The largest absolute Gasteiger partial charge is 0.331 e. The van der Waals surface area contributed by atoms with Crippen LogP contribution in [0.3, 0.4) is 0 Å². The lowest BCUT2D eigenvalue weighted by molar-refractivity contribution is -0.880. The maximum Gasteiger partial charge on any atom is 0.293 e. The molecular formula is C13H20N4+2. The molecule has 4 heteroatoms. The van der Waals surface area contributed by atoms with E-state index in [1.165, 1.54) is 0 Å². The molecule has 1 aromatic rings. The number of nitriles is 1. The molecule has 0 bridgehead atoms. The summed E-state index contributed by atoms with van der Waals surface area (Å²) in [6.07, 6.45) is 0. The van der Waals surface area contributed by atoms with Gasteiger partial charge in [-0.1, -0.05) is 0 Å². The minimum atomic E-state index is 0.787. The van der Waals surface area contributed by atoms with E-state index >= 15 is 0 Å². The topological polar surface area (TPSA) is 45.6 Å². The lowest BCUT2D eigenvalue weighted by Crippen LogP contribution is -3.12. The van der Waals surface area contributed by atoms with Gasteiger partial charge in [0.05, 0.1) is 12.7 Å². The monoisotopic (exact) mass is 232 g/mol. The molecule has 1 aromatic heterocycles. The lowest BCUT2D eigenvalue weighted by atomic mass is 10.1. The Hall–Kier alpha value is -1.60. The third-order valence-electron chi connectivity index (χ3n) is 3.42. The number of nitrogens with zero attached hydrogens (tertiary/aromatic N) is 2. The van der Waals surface area contributed by atoms with Crippen LogP contribution in [0, 0.1) is 25.2 Å². The zero-order valence-corrected chi connectivity index (χ0v) is 10.8. The Kier molecular flexibility index (Phi) is 3.30. The van der Waals surface area contributed by atoms with Crippen molar-refractivity contribution in [1.29, 1.82) is 5.26 Å². The van der Waals surface area contributed by atoms with E-state index in [1.807, 2.05) is 19.9 Å². The molecule has 4 nitrogen and oxygen atoms in total. The van der Waals surface area contributed by atoms with Gasteiger partial charge in [-0.2, -0.15) is 5.26 Å². The van der Waals surface area contributed by atoms with Crippen LogP contribution >= 0.6 is 0 Å². The fraction of sp³-hybridized carbons (Fsp3) is 0.538. The van der Waals surface area contributed by atoms with Crippen LogP contribution in [0.2, 0.25) is 0 Å². The van der Waals surface area contributed by atoms with E-state index in [0.29, 0.717) is 0 Å². The number of aryl methyl sites for hydroxylation is 2. The number of nitrogens with one attached hydrogen (secondary N) is 2. The normalized spacial score (nSPS) is 16.9. The maximum atomic E-state index is 9.27. The average Bonchev–Trinajstić information content (AvgIpc) is 2.29. The molecule has 1 aliphatic heterocycles. The number of likely N-dealkylation sites (N-methyl/N-ethyl adjacent to an activating group) is 1. The lowest BCUT2D eigenvalue weighted by Gasteiger charge is -2.26. The van der Waals surface area contributed by atoms with E-state index in [-0.39, 0.29) is 0 Å². The molecule has 2 heterocycles. The maximum absolute atomic E-state index is 9.27. The summed E-state index contributed by atoms with van der Waals surface area (Å²) in [6, 6.07) is 4.35. The summed E-state index contributed by atoms with van der Waals surface area (Å²) < 4.78 is 0. The van der Waals surface area contributed by atoms with Crippen LogP contribution in [0.5, 0.6) is 0 Å². The van der Waals surface area contributed by atoms with Gasteiger partial charge in [0.2, 0.25) is 0 Å². The molecule has 2 N–H and O–H groups in total. The van der Waals surface area contributed by atoms with Gasteiger partial charge in [0.15, 0.2) is 0 Å². The number of pyridine rings is 1. The number of hydrogen-bond acceptors (Lipinski definition) is 2. The molecule has 90 valence electrons. The highest BCUT2D eigenvalue weighted by molar-refractivity contribution is 5.54. The van der Waals surface area contributed by atoms with Crippen LogP contribution < -0.4 is 14.8 Å². The van der Waals surface area contributed by atoms with Crippen LogP contribution in [0.1, 0.15) is 16.8 Å². The Labute approximate surface area is 102 Å². The van der Waals surface area contributed by atoms with Gasteiger partial charge in [0.25, 0.3) is 5.82 Å². The quantitative estimate of drug-likeness (QED) is 0.697. The summed E-state index contributed by atoms with van der Waals surface area (Å²) in [5.41, 5.74) is 2.96. The first-order valence-corrected chi connectivity index (χ1v) is 6.11. The number of hydrogen-bond donors (Lipinski definition) is 1. The van der Waals surface area contributed by atoms with Gasteiger partial charge in [-0.05, 0) is 25.5 Å². The van der Waals surface area contributed by atoms with Crippen molar-refractivity contribution in [2.24, 2.45) is 0 Å². The van der Waals surface area contributed by atoms with Crippen molar-refractivity contribution in [3.63, 3.8) is 0 Å². The van der Waals surface area contributed by atoms with Crippen molar-refractivity contribution < 1.29 is 9.88 Å². The number of anilines is 1. The second-order valence-electron chi connectivity index (χ2n) is 4.91. The number of rotatable bonds is 1. The van der Waals surface area contributed by atoms with Gasteiger partial charge in [0, 0.05) is 0 Å². The second-order valence-corrected chi connectivity index (χ2v) is 4.91. The second kappa shape index (κ2) is 4.72. The number of aromatic amines is 1. The standard InChI is InChI=1S/C13H18N4/c1-10-8-11(2)15-13(12(10)9-14)17-6-4-16(3)5-7-17/h8H,4-7H2,1-3H3/p+2. The predicted molar refractivity (Wildman–Crippen MR) is 66.0 cm³/mol. The smallest absolute Gasteiger partial charge is 0.293 e. The van der Waals surface area contributed by atoms with Crippen molar-refractivity contribution in [1.82, 2.24) is 0 Å². The van der Waals surface area contributed by atoms with E-state index in [2.05, 4.69) is 23.0 Å². The van der Waals surface area contributed by atoms with E-state index in [9.17, 15) is 5.26 Å². The molecule has 0 saturated carbocycles. The first-order valence-electron chi connectivity index (χ1n) is 6.11. The van der Waals surface area contributed by atoms with Crippen molar-refractivity contribution in [3.8, 4) is 6.07 Å². The van der Waals surface area contributed by atoms with Crippen molar-refractivity contribution in [2.75, 3.05) is 38.1 Å². The van der Waals surface area contributed by atoms with E-state index in [1.54, 1.807) is 4.90 Å². The van der Waals surface area contributed by atoms with Crippen LogP contribution in [0.15, 0.2) is 6.07 Å². The molecule has 1 saturated heterocycles. The summed E-state index contributed by atoms with van der Waals surface area (Å²) in [4.78, 5) is 7.20. The number of quaternary nitrogens is 1. The van der Waals surface area contributed by atoms with E-state index in [0.717, 1.165) is 48.8 Å². The van der Waals surface area contributed by atoms with Crippen LogP contribution in [0.4, 0.5) is 5.82 Å². The molecule has 0 atom stereocenters. The molecule has 0 amide bonds. The van der Waals surface area contributed by atoms with E-state index in [4.69, 9.17) is 0 Å². The summed E-state index contributed by atoms with van der Waals surface area (Å²) >= 11 is 0. The average molecular weight is 232 g/mol. The van der Waals surface area contributed by atoms with E-state index < -0.39 is 0 Å². The third kappa shape index (κ3) is 2.40. The zero-order chi connectivity index (χ0) is 12.4. The molecule has 1 aliphatic rings. The molecule has 0 radical (unpaired) electrons. The molecular weight excluding hydrogens is 212 g/mol. The fourth-order valence-electron chi connectivity index (χ4n) is 2.36. The highest BCUT2D eigenvalue weighted by atomic mass is 15.3. The van der Waals surface area contributed by atoms with Crippen molar-refractivity contribution >= 4 is 5.82 Å². The van der Waals surface area contributed by atoms with Gasteiger partial charge in [-0.3, -0.25) is 0 Å². The first-order chi connectivity index (χ1) is 8.11. The SMILES string of the molecule is Cc1cc(C)c(C#N)c(N2CC[NH+](C)CC2)[nH+]1. The Morgan fingerprint density at radius 2 is 2.00 bits per heavy atom. The Bertz CT molecular complexity index is 453. The van der Waals surface area contributed by atoms with Gasteiger partial charge in [0.1, 0.15) is 37.8 Å². The van der Waals surface area contributed by atoms with Crippen LogP contribution in [0.25, 0.3) is 0 Å².